The van der Waals surface area contributed by atoms with E-state index in [2.05, 4.69) is 4.98 Å². The van der Waals surface area contributed by atoms with Gasteiger partial charge in [-0.25, -0.2) is 9.78 Å². The summed E-state index contributed by atoms with van der Waals surface area (Å²) in [6, 6.07) is 8.18. The summed E-state index contributed by atoms with van der Waals surface area (Å²) in [6.07, 6.45) is 3.97. The molecule has 0 aliphatic heterocycles. The lowest BCUT2D eigenvalue weighted by atomic mass is 10.2. The first-order chi connectivity index (χ1) is 9.54. The largest absolute Gasteiger partial charge is 0.478 e. The number of pyridine rings is 1. The van der Waals surface area contributed by atoms with Gasteiger partial charge >= 0.3 is 5.97 Å². The summed E-state index contributed by atoms with van der Waals surface area (Å²) < 4.78 is 5.50. The van der Waals surface area contributed by atoms with Gasteiger partial charge in [-0.05, 0) is 35.9 Å². The zero-order chi connectivity index (χ0) is 14.5. The number of carboxylic acid groups (broad SMARTS) is 1. The highest BCUT2D eigenvalue weighted by Gasteiger charge is 2.04. The third-order valence-corrected chi connectivity index (χ3v) is 2.82. The van der Waals surface area contributed by atoms with Crippen molar-refractivity contribution in [1.29, 1.82) is 0 Å². The fourth-order valence-corrected chi connectivity index (χ4v) is 1.84. The Bertz CT molecular complexity index is 654. The normalized spacial score (nSPS) is 10.7. The average molecular weight is 310 g/mol. The molecular weight excluding hydrogens is 301 g/mol. The van der Waals surface area contributed by atoms with Crippen LogP contribution in [0.5, 0.6) is 11.6 Å². The first-order valence-corrected chi connectivity index (χ1v) is 6.30. The second-order valence-electron chi connectivity index (χ2n) is 3.78. The van der Waals surface area contributed by atoms with Gasteiger partial charge in [-0.3, -0.25) is 0 Å². The van der Waals surface area contributed by atoms with Crippen LogP contribution in [0.2, 0.25) is 10.0 Å². The van der Waals surface area contributed by atoms with Crippen LogP contribution in [0.25, 0.3) is 6.08 Å². The van der Waals surface area contributed by atoms with Crippen LogP contribution in [0.3, 0.4) is 0 Å². The minimum absolute atomic E-state index is 0.349. The van der Waals surface area contributed by atoms with Crippen LogP contribution in [0.1, 0.15) is 5.56 Å². The number of aromatic nitrogens is 1. The van der Waals surface area contributed by atoms with E-state index in [1.54, 1.807) is 30.3 Å². The van der Waals surface area contributed by atoms with Crippen molar-refractivity contribution >= 4 is 35.2 Å². The van der Waals surface area contributed by atoms with Crippen molar-refractivity contribution in [1.82, 2.24) is 4.98 Å². The number of rotatable bonds is 4. The molecule has 6 heteroatoms. The van der Waals surface area contributed by atoms with Crippen molar-refractivity contribution in [3.63, 3.8) is 0 Å². The Morgan fingerprint density at radius 3 is 2.65 bits per heavy atom. The molecule has 0 saturated carbocycles. The maximum absolute atomic E-state index is 10.4. The van der Waals surface area contributed by atoms with Gasteiger partial charge in [0.2, 0.25) is 5.88 Å². The molecule has 0 bridgehead atoms. The molecule has 1 N–H and O–H groups in total. The van der Waals surface area contributed by atoms with E-state index < -0.39 is 5.97 Å². The number of hydrogen-bond donors (Lipinski definition) is 1. The SMILES string of the molecule is O=C(O)/C=C/c1ccc(Oc2ccc(Cl)cc2Cl)nc1. The van der Waals surface area contributed by atoms with Gasteiger partial charge in [-0.1, -0.05) is 23.2 Å². The molecule has 0 fully saturated rings. The van der Waals surface area contributed by atoms with E-state index in [0.29, 0.717) is 27.2 Å². The standard InChI is InChI=1S/C14H9Cl2NO3/c15-10-3-4-12(11(16)7-10)20-13-5-1-9(8-17-13)2-6-14(18)19/h1-8H,(H,18,19)/b6-2+. The predicted molar refractivity (Wildman–Crippen MR) is 77.4 cm³/mol. The van der Waals surface area contributed by atoms with E-state index in [1.165, 1.54) is 12.3 Å². The summed E-state index contributed by atoms with van der Waals surface area (Å²) in [5.74, 6) is -0.225. The molecule has 0 unspecified atom stereocenters. The third kappa shape index (κ3) is 3.98. The third-order valence-electron chi connectivity index (χ3n) is 2.29. The summed E-state index contributed by atoms with van der Waals surface area (Å²) in [7, 11) is 0. The fourth-order valence-electron chi connectivity index (χ4n) is 1.39. The summed E-state index contributed by atoms with van der Waals surface area (Å²) in [6.45, 7) is 0. The maximum atomic E-state index is 10.4. The fraction of sp³-hybridized carbons (Fsp3) is 0. The Balaban J connectivity index is 2.12. The van der Waals surface area contributed by atoms with Crippen LogP contribution >= 0.6 is 23.2 Å². The number of hydrogen-bond acceptors (Lipinski definition) is 3. The van der Waals surface area contributed by atoms with Crippen LogP contribution in [0, 0.1) is 0 Å². The first-order valence-electron chi connectivity index (χ1n) is 5.54. The Labute approximate surface area is 125 Å². The molecule has 0 saturated heterocycles. The number of ether oxygens (including phenoxy) is 1. The lowest BCUT2D eigenvalue weighted by Crippen LogP contribution is -1.89. The molecule has 1 heterocycles. The molecule has 1 aromatic carbocycles. The zero-order valence-electron chi connectivity index (χ0n) is 10.1. The summed E-state index contributed by atoms with van der Waals surface area (Å²) in [4.78, 5) is 14.4. The average Bonchev–Trinajstić information content (AvgIpc) is 2.41. The second kappa shape index (κ2) is 6.41. The molecule has 0 amide bonds. The van der Waals surface area contributed by atoms with E-state index in [0.717, 1.165) is 6.08 Å². The molecule has 0 aliphatic carbocycles. The summed E-state index contributed by atoms with van der Waals surface area (Å²) in [5.41, 5.74) is 0.655. The van der Waals surface area contributed by atoms with Gasteiger partial charge < -0.3 is 9.84 Å². The summed E-state index contributed by atoms with van der Waals surface area (Å²) in [5, 5.41) is 9.42. The number of carbonyl (C=O) groups is 1. The molecule has 2 rings (SSSR count). The van der Waals surface area contributed by atoms with Crippen LogP contribution in [0.15, 0.2) is 42.6 Å². The molecule has 102 valence electrons. The van der Waals surface area contributed by atoms with Crippen LogP contribution in [0.4, 0.5) is 0 Å². The highest BCUT2D eigenvalue weighted by Crippen LogP contribution is 2.30. The van der Waals surface area contributed by atoms with Crippen molar-refractivity contribution in [3.05, 3.63) is 58.2 Å². The predicted octanol–water partition coefficient (Wildman–Crippen LogP) is 4.28. The summed E-state index contributed by atoms with van der Waals surface area (Å²) >= 11 is 11.8. The minimum atomic E-state index is -1.02. The Hall–Kier alpha value is -2.04. The molecule has 4 nitrogen and oxygen atoms in total. The molecule has 0 aliphatic rings. The van der Waals surface area contributed by atoms with Crippen LogP contribution < -0.4 is 4.74 Å². The lowest BCUT2D eigenvalue weighted by Gasteiger charge is -2.06. The van der Waals surface area contributed by atoms with E-state index >= 15 is 0 Å². The Morgan fingerprint density at radius 1 is 1.25 bits per heavy atom. The van der Waals surface area contributed by atoms with Gasteiger partial charge in [0, 0.05) is 23.4 Å². The maximum Gasteiger partial charge on any atom is 0.328 e. The monoisotopic (exact) mass is 309 g/mol. The number of aliphatic carboxylic acids is 1. The second-order valence-corrected chi connectivity index (χ2v) is 4.62. The van der Waals surface area contributed by atoms with E-state index in [9.17, 15) is 4.79 Å². The van der Waals surface area contributed by atoms with Crippen molar-refractivity contribution < 1.29 is 14.6 Å². The van der Waals surface area contributed by atoms with Crippen LogP contribution in [-0.4, -0.2) is 16.1 Å². The quantitative estimate of drug-likeness (QED) is 0.856. The number of carboxylic acids is 1. The number of benzene rings is 1. The number of halogens is 2. The van der Waals surface area contributed by atoms with Gasteiger partial charge in [-0.15, -0.1) is 0 Å². The Kier molecular flexibility index (Phi) is 4.61. The molecule has 2 aromatic rings. The van der Waals surface area contributed by atoms with Crippen molar-refractivity contribution in [2.24, 2.45) is 0 Å². The zero-order valence-corrected chi connectivity index (χ0v) is 11.6. The smallest absolute Gasteiger partial charge is 0.328 e. The van der Waals surface area contributed by atoms with Gasteiger partial charge in [-0.2, -0.15) is 0 Å². The van der Waals surface area contributed by atoms with Crippen molar-refractivity contribution in [3.8, 4) is 11.6 Å². The Morgan fingerprint density at radius 2 is 2.05 bits per heavy atom. The molecule has 0 radical (unpaired) electrons. The molecule has 20 heavy (non-hydrogen) atoms. The van der Waals surface area contributed by atoms with E-state index in [-0.39, 0.29) is 0 Å². The van der Waals surface area contributed by atoms with Gasteiger partial charge in [0.25, 0.3) is 0 Å². The first kappa shape index (κ1) is 14.4. The minimum Gasteiger partial charge on any atom is -0.478 e. The molecule has 0 atom stereocenters. The highest BCUT2D eigenvalue weighted by atomic mass is 35.5. The number of nitrogens with zero attached hydrogens (tertiary/aromatic N) is 1. The van der Waals surface area contributed by atoms with Gasteiger partial charge in [0.1, 0.15) is 5.75 Å². The van der Waals surface area contributed by atoms with Crippen molar-refractivity contribution in [2.45, 2.75) is 0 Å². The lowest BCUT2D eigenvalue weighted by molar-refractivity contribution is -0.131. The highest BCUT2D eigenvalue weighted by molar-refractivity contribution is 6.35. The van der Waals surface area contributed by atoms with Gasteiger partial charge in [0.15, 0.2) is 0 Å². The van der Waals surface area contributed by atoms with Crippen molar-refractivity contribution in [2.75, 3.05) is 0 Å². The molecule has 1 aromatic heterocycles. The topological polar surface area (TPSA) is 59.4 Å². The molecular formula is C14H9Cl2NO3. The van der Waals surface area contributed by atoms with E-state index in [1.807, 2.05) is 0 Å². The molecule has 0 spiro atoms. The van der Waals surface area contributed by atoms with Crippen LogP contribution in [-0.2, 0) is 4.79 Å². The van der Waals surface area contributed by atoms with E-state index in [4.69, 9.17) is 33.0 Å². The van der Waals surface area contributed by atoms with Gasteiger partial charge in [0.05, 0.1) is 5.02 Å².